The van der Waals surface area contributed by atoms with Crippen molar-refractivity contribution in [3.8, 4) is 5.75 Å². The second-order valence-electron chi connectivity index (χ2n) is 7.40. The number of nitrogens with zero attached hydrogens (tertiary/aromatic N) is 3. The Bertz CT molecular complexity index is 1180. The van der Waals surface area contributed by atoms with Crippen molar-refractivity contribution in [1.29, 1.82) is 0 Å². The molecule has 0 spiro atoms. The normalized spacial score (nSPS) is 16.4. The molecular weight excluding hydrogens is 394 g/mol. The summed E-state index contributed by atoms with van der Waals surface area (Å²) in [4.78, 5) is 28.6. The minimum Gasteiger partial charge on any atom is -0.497 e. The lowest BCUT2D eigenvalue weighted by atomic mass is 9.93. The van der Waals surface area contributed by atoms with Crippen molar-refractivity contribution in [1.82, 2.24) is 5.01 Å². The maximum absolute atomic E-state index is 13.2. The number of methoxy groups -OCH3 is 1. The molecule has 0 saturated carbocycles. The molecule has 7 heteroatoms. The molecule has 2 heterocycles. The standard InChI is InChI=1S/C24H21N3O4/c1-30-17-7-5-16(6-8-17)15-25-27-23(28)19-4-2-3-18-21(26-11-13-31-14-12-26)10-9-20(22(18)19)24(27)29/h2-10,15H,11-14H2,1H3. The highest BCUT2D eigenvalue weighted by Gasteiger charge is 2.34. The van der Waals surface area contributed by atoms with E-state index >= 15 is 0 Å². The van der Waals surface area contributed by atoms with E-state index in [0.717, 1.165) is 40.5 Å². The number of amides is 2. The Morgan fingerprint density at radius 3 is 2.35 bits per heavy atom. The molecule has 31 heavy (non-hydrogen) atoms. The van der Waals surface area contributed by atoms with Gasteiger partial charge in [0.2, 0.25) is 0 Å². The molecule has 2 aliphatic rings. The Morgan fingerprint density at radius 2 is 1.65 bits per heavy atom. The largest absolute Gasteiger partial charge is 0.497 e. The van der Waals surface area contributed by atoms with Crippen LogP contribution in [-0.2, 0) is 4.74 Å². The first kappa shape index (κ1) is 19.3. The predicted octanol–water partition coefficient (Wildman–Crippen LogP) is 3.32. The summed E-state index contributed by atoms with van der Waals surface area (Å²) in [6.45, 7) is 2.88. The first-order chi connectivity index (χ1) is 15.2. The van der Waals surface area contributed by atoms with Gasteiger partial charge in [-0.3, -0.25) is 9.59 Å². The zero-order chi connectivity index (χ0) is 21.4. The zero-order valence-corrected chi connectivity index (χ0v) is 17.1. The summed E-state index contributed by atoms with van der Waals surface area (Å²) >= 11 is 0. The van der Waals surface area contributed by atoms with E-state index in [1.54, 1.807) is 31.4 Å². The van der Waals surface area contributed by atoms with Gasteiger partial charge in [0.15, 0.2) is 0 Å². The number of benzene rings is 3. The van der Waals surface area contributed by atoms with Crippen LogP contribution in [0.3, 0.4) is 0 Å². The fraction of sp³-hybridized carbons (Fsp3) is 0.208. The van der Waals surface area contributed by atoms with E-state index in [1.165, 1.54) is 6.21 Å². The molecule has 5 rings (SSSR count). The Morgan fingerprint density at radius 1 is 0.935 bits per heavy atom. The van der Waals surface area contributed by atoms with Crippen LogP contribution in [0.4, 0.5) is 5.69 Å². The molecule has 3 aromatic carbocycles. The van der Waals surface area contributed by atoms with E-state index < -0.39 is 11.8 Å². The van der Waals surface area contributed by atoms with Gasteiger partial charge in [-0.1, -0.05) is 12.1 Å². The molecule has 0 bridgehead atoms. The third kappa shape index (κ3) is 3.33. The number of imide groups is 1. The number of carbonyl (C=O) groups excluding carboxylic acids is 2. The lowest BCUT2D eigenvalue weighted by Crippen LogP contribution is -2.38. The van der Waals surface area contributed by atoms with E-state index in [1.807, 2.05) is 30.3 Å². The van der Waals surface area contributed by atoms with E-state index in [0.29, 0.717) is 29.7 Å². The lowest BCUT2D eigenvalue weighted by Gasteiger charge is -2.31. The third-order valence-electron chi connectivity index (χ3n) is 5.65. The summed E-state index contributed by atoms with van der Waals surface area (Å²) in [5, 5.41) is 6.74. The van der Waals surface area contributed by atoms with Crippen LogP contribution in [0, 0.1) is 0 Å². The average molecular weight is 415 g/mol. The molecular formula is C24H21N3O4. The highest BCUT2D eigenvalue weighted by Crippen LogP contribution is 2.36. The van der Waals surface area contributed by atoms with Crippen LogP contribution in [0.15, 0.2) is 59.7 Å². The molecule has 156 valence electrons. The van der Waals surface area contributed by atoms with Crippen molar-refractivity contribution >= 4 is 34.5 Å². The number of anilines is 1. The molecule has 0 unspecified atom stereocenters. The number of ether oxygens (including phenoxy) is 2. The lowest BCUT2D eigenvalue weighted by molar-refractivity contribution is 0.0616. The first-order valence-electron chi connectivity index (χ1n) is 10.1. The Kier molecular flexibility index (Phi) is 4.88. The van der Waals surface area contributed by atoms with Crippen molar-refractivity contribution < 1.29 is 19.1 Å². The number of rotatable bonds is 4. The van der Waals surface area contributed by atoms with Gasteiger partial charge in [-0.15, -0.1) is 0 Å². The van der Waals surface area contributed by atoms with Crippen molar-refractivity contribution in [2.75, 3.05) is 38.3 Å². The van der Waals surface area contributed by atoms with Gasteiger partial charge in [-0.2, -0.15) is 10.1 Å². The summed E-state index contributed by atoms with van der Waals surface area (Å²) in [5.41, 5.74) is 2.73. The van der Waals surface area contributed by atoms with Gasteiger partial charge in [-0.25, -0.2) is 0 Å². The maximum atomic E-state index is 13.2. The van der Waals surface area contributed by atoms with Gasteiger partial charge in [0, 0.05) is 29.5 Å². The second-order valence-corrected chi connectivity index (χ2v) is 7.40. The van der Waals surface area contributed by atoms with Crippen molar-refractivity contribution in [2.24, 2.45) is 5.10 Å². The van der Waals surface area contributed by atoms with Gasteiger partial charge in [-0.05, 0) is 48.0 Å². The molecule has 2 amide bonds. The van der Waals surface area contributed by atoms with E-state index in [4.69, 9.17) is 9.47 Å². The summed E-state index contributed by atoms with van der Waals surface area (Å²) in [7, 11) is 1.59. The Hall–Kier alpha value is -3.71. The van der Waals surface area contributed by atoms with Crippen LogP contribution in [0.2, 0.25) is 0 Å². The van der Waals surface area contributed by atoms with Crippen LogP contribution in [0.5, 0.6) is 5.75 Å². The summed E-state index contributed by atoms with van der Waals surface area (Å²) < 4.78 is 10.6. The fourth-order valence-electron chi connectivity index (χ4n) is 4.07. The van der Waals surface area contributed by atoms with Gasteiger partial charge in [0.1, 0.15) is 5.75 Å². The number of hydrogen-bond donors (Lipinski definition) is 0. The first-order valence-corrected chi connectivity index (χ1v) is 10.1. The highest BCUT2D eigenvalue weighted by molar-refractivity contribution is 6.26. The molecule has 3 aromatic rings. The molecule has 1 fully saturated rings. The number of carbonyl (C=O) groups is 2. The number of morpholine rings is 1. The van der Waals surface area contributed by atoms with Crippen LogP contribution >= 0.6 is 0 Å². The average Bonchev–Trinajstić information content (AvgIpc) is 2.83. The molecule has 0 radical (unpaired) electrons. The van der Waals surface area contributed by atoms with Crippen molar-refractivity contribution in [3.63, 3.8) is 0 Å². The number of hydrazone groups is 1. The van der Waals surface area contributed by atoms with Gasteiger partial charge in [0.05, 0.1) is 37.7 Å². The molecule has 7 nitrogen and oxygen atoms in total. The minimum atomic E-state index is -0.424. The second kappa shape index (κ2) is 7.85. The molecule has 1 saturated heterocycles. The SMILES string of the molecule is COc1ccc(C=NN2C(=O)c3cccc4c(N5CCOCC5)ccc(c34)C2=O)cc1. The topological polar surface area (TPSA) is 71.4 Å². The van der Waals surface area contributed by atoms with Crippen LogP contribution < -0.4 is 9.64 Å². The monoisotopic (exact) mass is 415 g/mol. The van der Waals surface area contributed by atoms with Gasteiger partial charge < -0.3 is 14.4 Å². The van der Waals surface area contributed by atoms with Crippen LogP contribution in [0.25, 0.3) is 10.8 Å². The Balaban J connectivity index is 1.53. The van der Waals surface area contributed by atoms with E-state index in [9.17, 15) is 9.59 Å². The smallest absolute Gasteiger partial charge is 0.282 e. The number of hydrogen-bond acceptors (Lipinski definition) is 6. The quantitative estimate of drug-likeness (QED) is 0.483. The molecule has 0 aliphatic carbocycles. The van der Waals surface area contributed by atoms with Gasteiger partial charge in [0.25, 0.3) is 11.8 Å². The molecule has 0 aromatic heterocycles. The highest BCUT2D eigenvalue weighted by atomic mass is 16.5. The van der Waals surface area contributed by atoms with Crippen LogP contribution in [-0.4, -0.2) is 56.5 Å². The summed E-state index contributed by atoms with van der Waals surface area (Å²) in [6, 6.07) is 16.5. The van der Waals surface area contributed by atoms with Crippen molar-refractivity contribution in [2.45, 2.75) is 0 Å². The summed E-state index contributed by atoms with van der Waals surface area (Å²) in [5.74, 6) is -0.127. The Labute approximate surface area is 179 Å². The van der Waals surface area contributed by atoms with Gasteiger partial charge >= 0.3 is 0 Å². The maximum Gasteiger partial charge on any atom is 0.282 e. The van der Waals surface area contributed by atoms with E-state index in [-0.39, 0.29) is 0 Å². The molecule has 0 atom stereocenters. The molecule has 2 aliphatic heterocycles. The van der Waals surface area contributed by atoms with Crippen LogP contribution in [0.1, 0.15) is 26.3 Å². The van der Waals surface area contributed by atoms with E-state index in [2.05, 4.69) is 10.0 Å². The zero-order valence-electron chi connectivity index (χ0n) is 17.1. The van der Waals surface area contributed by atoms with Crippen molar-refractivity contribution in [3.05, 3.63) is 71.3 Å². The third-order valence-corrected chi connectivity index (χ3v) is 5.65. The fourth-order valence-corrected chi connectivity index (χ4v) is 4.07. The summed E-state index contributed by atoms with van der Waals surface area (Å²) in [6.07, 6.45) is 1.50. The molecule has 0 N–H and O–H groups in total. The minimum absolute atomic E-state index is 0.424. The predicted molar refractivity (Wildman–Crippen MR) is 118 cm³/mol.